The minimum atomic E-state index is -5.11. The van der Waals surface area contributed by atoms with Gasteiger partial charge in [-0.1, -0.05) is 0 Å². The summed E-state index contributed by atoms with van der Waals surface area (Å²) in [6.45, 7) is 0.960. The minimum Gasteiger partial charge on any atom is -0.344 e. The maximum atomic E-state index is 13.0. The van der Waals surface area contributed by atoms with Gasteiger partial charge in [-0.3, -0.25) is 14.6 Å². The number of rotatable bonds is 5. The van der Waals surface area contributed by atoms with Crippen molar-refractivity contribution < 1.29 is 35.9 Å². The van der Waals surface area contributed by atoms with Crippen LogP contribution >= 0.6 is 0 Å². The van der Waals surface area contributed by atoms with Crippen molar-refractivity contribution in [2.75, 3.05) is 6.54 Å². The number of aromatic nitrogens is 2. The van der Waals surface area contributed by atoms with Gasteiger partial charge in [-0.05, 0) is 25.1 Å². The number of nitrogens with one attached hydrogen (secondary N) is 2. The highest BCUT2D eigenvalue weighted by Crippen LogP contribution is 2.36. The molecule has 0 aliphatic rings. The fraction of sp³-hybridized carbons (Fsp3) is 0.278. The van der Waals surface area contributed by atoms with Crippen molar-refractivity contribution in [2.24, 2.45) is 0 Å². The van der Waals surface area contributed by atoms with Crippen LogP contribution in [0.25, 0.3) is 0 Å². The zero-order valence-corrected chi connectivity index (χ0v) is 15.6. The molecular formula is C18H13F6N5O2. The number of benzene rings is 1. The van der Waals surface area contributed by atoms with Crippen molar-refractivity contribution in [2.45, 2.75) is 25.3 Å². The number of amides is 2. The Morgan fingerprint density at radius 1 is 1.00 bits per heavy atom. The zero-order chi connectivity index (χ0) is 23.4. The third-order valence-electron chi connectivity index (χ3n) is 3.88. The second kappa shape index (κ2) is 8.99. The van der Waals surface area contributed by atoms with Gasteiger partial charge in [-0.2, -0.15) is 31.6 Å². The largest absolute Gasteiger partial charge is 0.416 e. The molecule has 1 heterocycles. The van der Waals surface area contributed by atoms with Crippen molar-refractivity contribution in [3.63, 3.8) is 0 Å². The van der Waals surface area contributed by atoms with Gasteiger partial charge >= 0.3 is 12.4 Å². The van der Waals surface area contributed by atoms with Crippen LogP contribution in [0.5, 0.6) is 0 Å². The normalized spacial score (nSPS) is 12.6. The first kappa shape index (κ1) is 23.6. The van der Waals surface area contributed by atoms with Crippen LogP contribution in [-0.2, 0) is 12.4 Å². The number of hydrogen-bond acceptors (Lipinski definition) is 5. The van der Waals surface area contributed by atoms with Crippen molar-refractivity contribution in [1.82, 2.24) is 20.6 Å². The van der Waals surface area contributed by atoms with Gasteiger partial charge in [0.2, 0.25) is 0 Å². The summed E-state index contributed by atoms with van der Waals surface area (Å²) in [5, 5.41) is 12.9. The fourth-order valence-electron chi connectivity index (χ4n) is 2.48. The smallest absolute Gasteiger partial charge is 0.344 e. The molecule has 1 aromatic carbocycles. The monoisotopic (exact) mass is 445 g/mol. The molecule has 0 spiro atoms. The quantitative estimate of drug-likeness (QED) is 0.543. The minimum absolute atomic E-state index is 0.0967. The number of alkyl halides is 6. The van der Waals surface area contributed by atoms with Crippen molar-refractivity contribution in [1.29, 1.82) is 5.26 Å². The molecule has 1 atom stereocenters. The average molecular weight is 445 g/mol. The lowest BCUT2D eigenvalue weighted by Crippen LogP contribution is -2.32. The van der Waals surface area contributed by atoms with Crippen LogP contribution in [0, 0.1) is 11.3 Å². The van der Waals surface area contributed by atoms with Gasteiger partial charge in [-0.15, -0.1) is 0 Å². The van der Waals surface area contributed by atoms with E-state index in [4.69, 9.17) is 5.26 Å². The Morgan fingerprint density at radius 2 is 1.55 bits per heavy atom. The molecule has 31 heavy (non-hydrogen) atoms. The van der Waals surface area contributed by atoms with Gasteiger partial charge in [0, 0.05) is 18.0 Å². The van der Waals surface area contributed by atoms with Crippen LogP contribution in [0.1, 0.15) is 50.6 Å². The summed E-state index contributed by atoms with van der Waals surface area (Å²) in [6.07, 6.45) is -7.90. The van der Waals surface area contributed by atoms with Crippen LogP contribution in [0.3, 0.4) is 0 Å². The highest BCUT2D eigenvalue weighted by molar-refractivity contribution is 5.96. The Morgan fingerprint density at radius 3 is 2.06 bits per heavy atom. The Labute approximate surface area is 171 Å². The summed E-state index contributed by atoms with van der Waals surface area (Å²) in [4.78, 5) is 32.1. The van der Waals surface area contributed by atoms with E-state index in [2.05, 4.69) is 20.6 Å². The van der Waals surface area contributed by atoms with Crippen molar-refractivity contribution in [3.05, 3.63) is 58.7 Å². The Hall–Kier alpha value is -3.69. The first-order valence-electron chi connectivity index (χ1n) is 8.41. The molecule has 2 amide bonds. The molecule has 0 aliphatic carbocycles. The molecule has 0 saturated carbocycles. The van der Waals surface area contributed by atoms with Gasteiger partial charge in [0.15, 0.2) is 5.69 Å². The molecule has 1 aromatic heterocycles. The predicted octanol–water partition coefficient (Wildman–Crippen LogP) is 3.26. The lowest BCUT2D eigenvalue weighted by atomic mass is 10.0. The second-order valence-electron chi connectivity index (χ2n) is 6.12. The summed E-state index contributed by atoms with van der Waals surface area (Å²) >= 11 is 0. The van der Waals surface area contributed by atoms with E-state index >= 15 is 0 Å². The molecule has 2 N–H and O–H groups in total. The number of carbonyl (C=O) groups excluding carboxylic acids is 2. The van der Waals surface area contributed by atoms with Gasteiger partial charge < -0.3 is 10.6 Å². The number of hydrogen-bond donors (Lipinski definition) is 2. The third-order valence-corrected chi connectivity index (χ3v) is 3.88. The summed E-state index contributed by atoms with van der Waals surface area (Å²) < 4.78 is 77.9. The molecule has 2 rings (SSSR count). The molecule has 7 nitrogen and oxygen atoms in total. The summed E-state index contributed by atoms with van der Waals surface area (Å²) in [6, 6.07) is 1.03. The molecule has 0 radical (unpaired) electrons. The highest BCUT2D eigenvalue weighted by atomic mass is 19.4. The summed E-state index contributed by atoms with van der Waals surface area (Å²) in [7, 11) is 0. The van der Waals surface area contributed by atoms with E-state index in [9.17, 15) is 35.9 Å². The lowest BCUT2D eigenvalue weighted by Gasteiger charge is -2.17. The molecule has 1 unspecified atom stereocenters. The van der Waals surface area contributed by atoms with Gasteiger partial charge in [0.25, 0.3) is 11.8 Å². The van der Waals surface area contributed by atoms with Gasteiger partial charge in [0.1, 0.15) is 6.54 Å². The molecule has 164 valence electrons. The molecule has 0 aliphatic heterocycles. The standard InChI is InChI=1S/C18H13F6N5O2/c1-9(13-14(27-5-4-26-13)16(31)28-3-2-25)29-15(30)10-6-11(17(19,20)21)8-12(7-10)18(22,23)24/h4-9H,3H2,1H3,(H,28,31)(H,29,30). The van der Waals surface area contributed by atoms with E-state index in [1.807, 2.05) is 0 Å². The number of nitriles is 1. The molecule has 13 heteroatoms. The van der Waals surface area contributed by atoms with Crippen molar-refractivity contribution in [3.8, 4) is 6.07 Å². The van der Waals surface area contributed by atoms with Crippen molar-refractivity contribution >= 4 is 11.8 Å². The number of carbonyl (C=O) groups is 2. The van der Waals surface area contributed by atoms with E-state index in [0.29, 0.717) is 0 Å². The second-order valence-corrected chi connectivity index (χ2v) is 6.12. The maximum Gasteiger partial charge on any atom is 0.416 e. The predicted molar refractivity (Wildman–Crippen MR) is 92.3 cm³/mol. The van der Waals surface area contributed by atoms with Gasteiger partial charge in [0.05, 0.1) is 28.9 Å². The van der Waals surface area contributed by atoms with Crippen LogP contribution < -0.4 is 10.6 Å². The lowest BCUT2D eigenvalue weighted by molar-refractivity contribution is -0.143. The van der Waals surface area contributed by atoms with Crippen LogP contribution in [0.4, 0.5) is 26.3 Å². The Kier molecular flexibility index (Phi) is 6.84. The first-order chi connectivity index (χ1) is 14.3. The van der Waals surface area contributed by atoms with Crippen LogP contribution in [0.2, 0.25) is 0 Å². The maximum absolute atomic E-state index is 13.0. The topological polar surface area (TPSA) is 108 Å². The molecule has 0 fully saturated rings. The molecular weight excluding hydrogens is 432 g/mol. The SMILES string of the molecule is CC(NC(=O)c1cc(C(F)(F)F)cc(C(F)(F)F)c1)c1nccnc1C(=O)NCC#N. The molecule has 0 saturated heterocycles. The van der Waals surface area contributed by atoms with E-state index in [1.165, 1.54) is 13.1 Å². The van der Waals surface area contributed by atoms with Crippen LogP contribution in [0.15, 0.2) is 30.6 Å². The Balaban J connectivity index is 2.36. The van der Waals surface area contributed by atoms with E-state index in [1.54, 1.807) is 6.07 Å². The summed E-state index contributed by atoms with van der Waals surface area (Å²) in [5.74, 6) is -2.05. The molecule has 2 aromatic rings. The van der Waals surface area contributed by atoms with E-state index in [-0.39, 0.29) is 36.1 Å². The summed E-state index contributed by atoms with van der Waals surface area (Å²) in [5.41, 5.74) is -4.54. The first-order valence-corrected chi connectivity index (χ1v) is 8.41. The number of halogens is 6. The van der Waals surface area contributed by atoms with Gasteiger partial charge in [-0.25, -0.2) is 4.98 Å². The zero-order valence-electron chi connectivity index (χ0n) is 15.6. The van der Waals surface area contributed by atoms with Crippen LogP contribution in [-0.4, -0.2) is 28.3 Å². The number of nitrogens with zero attached hydrogens (tertiary/aromatic N) is 3. The molecule has 0 bridgehead atoms. The highest BCUT2D eigenvalue weighted by Gasteiger charge is 2.37. The third kappa shape index (κ3) is 5.91. The fourth-order valence-corrected chi connectivity index (χ4v) is 2.48. The van der Waals surface area contributed by atoms with E-state index in [0.717, 1.165) is 6.20 Å². The van der Waals surface area contributed by atoms with E-state index < -0.39 is 46.9 Å². The Bertz CT molecular complexity index is 997. The average Bonchev–Trinajstić information content (AvgIpc) is 2.70.